The molecule has 1 unspecified atom stereocenters. The fraction of sp³-hybridized carbons (Fsp3) is 0.417. The van der Waals surface area contributed by atoms with E-state index in [2.05, 4.69) is 0 Å². The van der Waals surface area contributed by atoms with Crippen LogP contribution in [0.3, 0.4) is 0 Å². The average Bonchev–Trinajstić information content (AvgIpc) is 3.12. The van der Waals surface area contributed by atoms with Gasteiger partial charge in [0.25, 0.3) is 0 Å². The number of carbonyl (C=O) groups is 1. The van der Waals surface area contributed by atoms with Gasteiger partial charge in [0.05, 0.1) is 12.6 Å². The molecule has 0 spiro atoms. The SMILES string of the molecule is O=C(N[C@@H](Cc1ccccc1)C1CO1)C(F)(F)F. The lowest BCUT2D eigenvalue weighted by Crippen LogP contribution is -2.46. The van der Waals surface area contributed by atoms with Crippen molar-refractivity contribution in [3.05, 3.63) is 35.9 Å². The van der Waals surface area contributed by atoms with Crippen LogP contribution in [0.5, 0.6) is 0 Å². The van der Waals surface area contributed by atoms with E-state index < -0.39 is 18.1 Å². The van der Waals surface area contributed by atoms with E-state index >= 15 is 0 Å². The molecule has 6 heteroatoms. The second-order valence-electron chi connectivity index (χ2n) is 4.14. The Hall–Kier alpha value is -1.56. The molecular formula is C12H12F3NO2. The number of epoxide rings is 1. The van der Waals surface area contributed by atoms with Crippen molar-refractivity contribution in [2.75, 3.05) is 6.61 Å². The zero-order valence-corrected chi connectivity index (χ0v) is 9.41. The molecule has 0 aliphatic carbocycles. The highest BCUT2D eigenvalue weighted by molar-refractivity contribution is 5.82. The lowest BCUT2D eigenvalue weighted by Gasteiger charge is -2.17. The van der Waals surface area contributed by atoms with Gasteiger partial charge in [0.1, 0.15) is 6.10 Å². The maximum atomic E-state index is 12.2. The van der Waals surface area contributed by atoms with Crippen LogP contribution in [0.25, 0.3) is 0 Å². The zero-order chi connectivity index (χ0) is 13.2. The Morgan fingerprint density at radius 2 is 2.00 bits per heavy atom. The Morgan fingerprint density at radius 3 is 2.50 bits per heavy atom. The second-order valence-corrected chi connectivity index (χ2v) is 4.14. The smallest absolute Gasteiger partial charge is 0.371 e. The van der Waals surface area contributed by atoms with Gasteiger partial charge < -0.3 is 10.1 Å². The van der Waals surface area contributed by atoms with Gasteiger partial charge in [-0.05, 0) is 12.0 Å². The summed E-state index contributed by atoms with van der Waals surface area (Å²) in [5, 5.41) is 1.98. The Bertz CT molecular complexity index is 415. The minimum Gasteiger partial charge on any atom is -0.371 e. The topological polar surface area (TPSA) is 41.6 Å². The van der Waals surface area contributed by atoms with Crippen molar-refractivity contribution in [1.29, 1.82) is 0 Å². The Kier molecular flexibility index (Phi) is 3.56. The largest absolute Gasteiger partial charge is 0.471 e. The Morgan fingerprint density at radius 1 is 1.39 bits per heavy atom. The molecule has 1 saturated heterocycles. The molecule has 0 radical (unpaired) electrons. The molecule has 1 aliphatic heterocycles. The standard InChI is InChI=1S/C12H12F3NO2/c13-12(14,15)11(17)16-9(10-7-18-10)6-8-4-2-1-3-5-8/h1-5,9-10H,6-7H2,(H,16,17)/t9-,10?/m0/s1. The Labute approximate surface area is 102 Å². The number of alkyl halides is 3. The maximum Gasteiger partial charge on any atom is 0.471 e. The first-order chi connectivity index (χ1) is 8.47. The molecule has 1 N–H and O–H groups in total. The van der Waals surface area contributed by atoms with Crippen molar-refractivity contribution < 1.29 is 22.7 Å². The van der Waals surface area contributed by atoms with Gasteiger partial charge in [0.15, 0.2) is 0 Å². The highest BCUT2D eigenvalue weighted by Crippen LogP contribution is 2.21. The van der Waals surface area contributed by atoms with Crippen molar-refractivity contribution in [2.24, 2.45) is 0 Å². The van der Waals surface area contributed by atoms with Crippen molar-refractivity contribution in [3.8, 4) is 0 Å². The van der Waals surface area contributed by atoms with Crippen LogP contribution in [-0.4, -0.2) is 30.8 Å². The van der Waals surface area contributed by atoms with Gasteiger partial charge in [-0.2, -0.15) is 13.2 Å². The summed E-state index contributed by atoms with van der Waals surface area (Å²) in [6, 6.07) is 8.38. The van der Waals surface area contributed by atoms with Gasteiger partial charge in [0.2, 0.25) is 0 Å². The van der Waals surface area contributed by atoms with Crippen LogP contribution in [0.1, 0.15) is 5.56 Å². The number of hydrogen-bond donors (Lipinski definition) is 1. The van der Waals surface area contributed by atoms with Crippen molar-refractivity contribution in [2.45, 2.75) is 24.7 Å². The monoisotopic (exact) mass is 259 g/mol. The van der Waals surface area contributed by atoms with Gasteiger partial charge in [-0.3, -0.25) is 4.79 Å². The molecule has 1 heterocycles. The second kappa shape index (κ2) is 4.97. The third kappa shape index (κ3) is 3.46. The zero-order valence-electron chi connectivity index (χ0n) is 9.41. The number of nitrogens with one attached hydrogen (secondary N) is 1. The van der Waals surface area contributed by atoms with E-state index in [0.29, 0.717) is 13.0 Å². The number of ether oxygens (including phenoxy) is 1. The van der Waals surface area contributed by atoms with Gasteiger partial charge >= 0.3 is 12.1 Å². The number of amides is 1. The van der Waals surface area contributed by atoms with Crippen LogP contribution in [0.15, 0.2) is 30.3 Å². The van der Waals surface area contributed by atoms with Gasteiger partial charge in [0, 0.05) is 0 Å². The van der Waals surface area contributed by atoms with Crippen LogP contribution in [0.4, 0.5) is 13.2 Å². The summed E-state index contributed by atoms with van der Waals surface area (Å²) in [5.74, 6) is -1.92. The molecule has 0 saturated carbocycles. The Balaban J connectivity index is 1.99. The summed E-state index contributed by atoms with van der Waals surface area (Å²) in [6.45, 7) is 0.385. The van der Waals surface area contributed by atoms with Gasteiger partial charge in [-0.1, -0.05) is 30.3 Å². The first-order valence-electron chi connectivity index (χ1n) is 5.50. The van der Waals surface area contributed by atoms with Crippen LogP contribution < -0.4 is 5.32 Å². The maximum absolute atomic E-state index is 12.2. The quantitative estimate of drug-likeness (QED) is 0.836. The summed E-state index contributed by atoms with van der Waals surface area (Å²) in [6.07, 6.45) is -4.85. The predicted octanol–water partition coefficient (Wildman–Crippen LogP) is 1.67. The van der Waals surface area contributed by atoms with Gasteiger partial charge in [-0.25, -0.2) is 0 Å². The lowest BCUT2D eigenvalue weighted by atomic mass is 10.0. The average molecular weight is 259 g/mol. The third-order valence-corrected chi connectivity index (χ3v) is 2.68. The minimum absolute atomic E-state index is 0.323. The van der Waals surface area contributed by atoms with E-state index in [9.17, 15) is 18.0 Å². The lowest BCUT2D eigenvalue weighted by molar-refractivity contribution is -0.174. The van der Waals surface area contributed by atoms with E-state index in [1.165, 1.54) is 0 Å². The third-order valence-electron chi connectivity index (χ3n) is 2.68. The van der Waals surface area contributed by atoms with Crippen LogP contribution >= 0.6 is 0 Å². The minimum atomic E-state index is -4.86. The van der Waals surface area contributed by atoms with E-state index in [-0.39, 0.29) is 6.10 Å². The van der Waals surface area contributed by atoms with Gasteiger partial charge in [-0.15, -0.1) is 0 Å². The molecule has 0 bridgehead atoms. The fourth-order valence-electron chi connectivity index (χ4n) is 1.68. The van der Waals surface area contributed by atoms with E-state index in [4.69, 9.17) is 4.74 Å². The molecule has 0 aromatic heterocycles. The van der Waals surface area contributed by atoms with E-state index in [1.54, 1.807) is 24.3 Å². The number of benzene rings is 1. The predicted molar refractivity (Wildman–Crippen MR) is 57.9 cm³/mol. The molecule has 2 atom stereocenters. The van der Waals surface area contributed by atoms with Crippen molar-refractivity contribution in [3.63, 3.8) is 0 Å². The van der Waals surface area contributed by atoms with Crippen LogP contribution in [0, 0.1) is 0 Å². The molecule has 98 valence electrons. The highest BCUT2D eigenvalue weighted by atomic mass is 19.4. The molecule has 1 aromatic rings. The fourth-order valence-corrected chi connectivity index (χ4v) is 1.68. The van der Waals surface area contributed by atoms with Crippen LogP contribution in [0.2, 0.25) is 0 Å². The molecule has 2 rings (SSSR count). The molecule has 1 aliphatic rings. The first-order valence-corrected chi connectivity index (χ1v) is 5.50. The van der Waals surface area contributed by atoms with Crippen LogP contribution in [-0.2, 0) is 16.0 Å². The first kappa shape index (κ1) is 12.9. The number of carbonyl (C=O) groups excluding carboxylic acids is 1. The summed E-state index contributed by atoms with van der Waals surface area (Å²) in [7, 11) is 0. The van der Waals surface area contributed by atoms with Crippen molar-refractivity contribution in [1.82, 2.24) is 5.32 Å². The van der Waals surface area contributed by atoms with E-state index in [1.807, 2.05) is 11.4 Å². The molecule has 18 heavy (non-hydrogen) atoms. The normalized spacial score (nSPS) is 20.3. The summed E-state index contributed by atoms with van der Waals surface area (Å²) in [4.78, 5) is 10.9. The molecule has 3 nitrogen and oxygen atoms in total. The molecule has 1 aromatic carbocycles. The summed E-state index contributed by atoms with van der Waals surface area (Å²) < 4.78 is 41.5. The number of halogens is 3. The number of hydrogen-bond acceptors (Lipinski definition) is 2. The highest BCUT2D eigenvalue weighted by Gasteiger charge is 2.43. The molecular weight excluding hydrogens is 247 g/mol. The molecule has 1 amide bonds. The summed E-state index contributed by atoms with van der Waals surface area (Å²) >= 11 is 0. The van der Waals surface area contributed by atoms with E-state index in [0.717, 1.165) is 5.56 Å². The summed E-state index contributed by atoms with van der Waals surface area (Å²) in [5.41, 5.74) is 0.862. The number of rotatable bonds is 4. The van der Waals surface area contributed by atoms with Crippen molar-refractivity contribution >= 4 is 5.91 Å². The molecule has 1 fully saturated rings.